The topological polar surface area (TPSA) is 21.3 Å². The summed E-state index contributed by atoms with van der Waals surface area (Å²) < 4.78 is 5.36. The van der Waals surface area contributed by atoms with E-state index >= 15 is 0 Å². The number of halogens is 1. The standard InChI is InChI=1S/C14H20ClNO/c1-10-5-3-4-6-12(10)16-13-9-11(15)7-8-14(13)17-2/h7-10,12,16H,3-6H2,1-2H3. The number of nitrogens with one attached hydrogen (secondary N) is 1. The number of rotatable bonds is 3. The molecule has 2 rings (SSSR count). The molecule has 0 spiro atoms. The third-order valence-electron chi connectivity index (χ3n) is 3.61. The third kappa shape index (κ3) is 3.06. The molecule has 94 valence electrons. The Morgan fingerprint density at radius 1 is 1.29 bits per heavy atom. The van der Waals surface area contributed by atoms with Gasteiger partial charge >= 0.3 is 0 Å². The van der Waals surface area contributed by atoms with Crippen molar-refractivity contribution in [3.8, 4) is 5.75 Å². The fourth-order valence-electron chi connectivity index (χ4n) is 2.52. The molecule has 1 aliphatic carbocycles. The molecule has 17 heavy (non-hydrogen) atoms. The van der Waals surface area contributed by atoms with Gasteiger partial charge in [-0.25, -0.2) is 0 Å². The van der Waals surface area contributed by atoms with E-state index in [9.17, 15) is 0 Å². The van der Waals surface area contributed by atoms with Crippen LogP contribution in [-0.2, 0) is 0 Å². The SMILES string of the molecule is COc1ccc(Cl)cc1NC1CCCCC1C. The summed E-state index contributed by atoms with van der Waals surface area (Å²) in [7, 11) is 1.69. The van der Waals surface area contributed by atoms with Crippen LogP contribution in [0.15, 0.2) is 18.2 Å². The van der Waals surface area contributed by atoms with Crippen LogP contribution in [0.4, 0.5) is 5.69 Å². The first kappa shape index (κ1) is 12.6. The molecule has 3 heteroatoms. The molecule has 0 saturated heterocycles. The minimum absolute atomic E-state index is 0.538. The minimum atomic E-state index is 0.538. The van der Waals surface area contributed by atoms with Crippen molar-refractivity contribution in [2.75, 3.05) is 12.4 Å². The molecule has 0 amide bonds. The molecular weight excluding hydrogens is 234 g/mol. The second-order valence-electron chi connectivity index (χ2n) is 4.86. The van der Waals surface area contributed by atoms with Crippen LogP contribution in [0.1, 0.15) is 32.6 Å². The summed E-state index contributed by atoms with van der Waals surface area (Å²) in [4.78, 5) is 0. The summed E-state index contributed by atoms with van der Waals surface area (Å²) in [6.45, 7) is 2.31. The Morgan fingerprint density at radius 3 is 2.76 bits per heavy atom. The third-order valence-corrected chi connectivity index (χ3v) is 3.85. The lowest BCUT2D eigenvalue weighted by Crippen LogP contribution is -2.30. The summed E-state index contributed by atoms with van der Waals surface area (Å²) >= 11 is 6.03. The summed E-state index contributed by atoms with van der Waals surface area (Å²) in [6, 6.07) is 6.26. The highest BCUT2D eigenvalue weighted by Crippen LogP contribution is 2.32. The van der Waals surface area contributed by atoms with E-state index in [2.05, 4.69) is 12.2 Å². The first-order valence-corrected chi connectivity index (χ1v) is 6.68. The second-order valence-corrected chi connectivity index (χ2v) is 5.29. The average molecular weight is 254 g/mol. The molecule has 2 atom stereocenters. The quantitative estimate of drug-likeness (QED) is 0.865. The lowest BCUT2D eigenvalue weighted by molar-refractivity contribution is 0.347. The number of methoxy groups -OCH3 is 1. The van der Waals surface area contributed by atoms with Crippen LogP contribution in [0.2, 0.25) is 5.02 Å². The van der Waals surface area contributed by atoms with E-state index < -0.39 is 0 Å². The van der Waals surface area contributed by atoms with E-state index in [-0.39, 0.29) is 0 Å². The zero-order valence-electron chi connectivity index (χ0n) is 10.5. The van der Waals surface area contributed by atoms with Crippen LogP contribution in [0.25, 0.3) is 0 Å². The van der Waals surface area contributed by atoms with Gasteiger partial charge in [-0.15, -0.1) is 0 Å². The number of anilines is 1. The zero-order chi connectivity index (χ0) is 12.3. The van der Waals surface area contributed by atoms with Crippen molar-refractivity contribution in [1.29, 1.82) is 0 Å². The Morgan fingerprint density at radius 2 is 2.06 bits per heavy atom. The molecule has 2 nitrogen and oxygen atoms in total. The summed E-state index contributed by atoms with van der Waals surface area (Å²) in [5.74, 6) is 1.58. The van der Waals surface area contributed by atoms with Crippen molar-refractivity contribution < 1.29 is 4.74 Å². The van der Waals surface area contributed by atoms with Gasteiger partial charge < -0.3 is 10.1 Å². The molecule has 0 bridgehead atoms. The Labute approximate surface area is 108 Å². The van der Waals surface area contributed by atoms with E-state index in [1.807, 2.05) is 18.2 Å². The number of ether oxygens (including phenoxy) is 1. The Hall–Kier alpha value is -0.890. The van der Waals surface area contributed by atoms with Gasteiger partial charge in [-0.05, 0) is 37.0 Å². The molecule has 1 aliphatic rings. The monoisotopic (exact) mass is 253 g/mol. The number of hydrogen-bond acceptors (Lipinski definition) is 2. The molecule has 0 heterocycles. The summed E-state index contributed by atoms with van der Waals surface area (Å²) in [5.41, 5.74) is 1.01. The van der Waals surface area contributed by atoms with E-state index in [1.54, 1.807) is 7.11 Å². The first-order valence-electron chi connectivity index (χ1n) is 6.31. The van der Waals surface area contributed by atoms with Crippen molar-refractivity contribution in [2.45, 2.75) is 38.6 Å². The molecule has 1 aromatic carbocycles. The van der Waals surface area contributed by atoms with Crippen molar-refractivity contribution in [3.05, 3.63) is 23.2 Å². The van der Waals surface area contributed by atoms with Crippen molar-refractivity contribution in [3.63, 3.8) is 0 Å². The number of hydrogen-bond donors (Lipinski definition) is 1. The Bertz CT molecular complexity index is 380. The lowest BCUT2D eigenvalue weighted by Gasteiger charge is -2.30. The van der Waals surface area contributed by atoms with Crippen LogP contribution >= 0.6 is 11.6 Å². The minimum Gasteiger partial charge on any atom is -0.495 e. The van der Waals surface area contributed by atoms with Crippen molar-refractivity contribution >= 4 is 17.3 Å². The maximum atomic E-state index is 6.03. The maximum Gasteiger partial charge on any atom is 0.142 e. The lowest BCUT2D eigenvalue weighted by atomic mass is 9.86. The second kappa shape index (κ2) is 5.63. The van der Waals surface area contributed by atoms with Crippen LogP contribution < -0.4 is 10.1 Å². The number of benzene rings is 1. The highest BCUT2D eigenvalue weighted by atomic mass is 35.5. The maximum absolute atomic E-state index is 6.03. The van der Waals surface area contributed by atoms with Crippen LogP contribution in [0.3, 0.4) is 0 Å². The summed E-state index contributed by atoms with van der Waals surface area (Å²) in [5, 5.41) is 4.33. The van der Waals surface area contributed by atoms with Gasteiger partial charge in [0.15, 0.2) is 0 Å². The van der Waals surface area contributed by atoms with Gasteiger partial charge in [0.05, 0.1) is 12.8 Å². The predicted molar refractivity (Wildman–Crippen MR) is 73.0 cm³/mol. The first-order chi connectivity index (χ1) is 8.20. The molecule has 0 aliphatic heterocycles. The highest BCUT2D eigenvalue weighted by molar-refractivity contribution is 6.30. The van der Waals surface area contributed by atoms with E-state index in [0.717, 1.165) is 16.5 Å². The van der Waals surface area contributed by atoms with Gasteiger partial charge in [0, 0.05) is 11.1 Å². The zero-order valence-corrected chi connectivity index (χ0v) is 11.3. The molecule has 0 radical (unpaired) electrons. The van der Waals surface area contributed by atoms with Gasteiger partial charge in [0.1, 0.15) is 5.75 Å². The molecule has 0 aromatic heterocycles. The van der Waals surface area contributed by atoms with E-state index in [4.69, 9.17) is 16.3 Å². The fraction of sp³-hybridized carbons (Fsp3) is 0.571. The van der Waals surface area contributed by atoms with Gasteiger partial charge in [-0.2, -0.15) is 0 Å². The fourth-order valence-corrected chi connectivity index (χ4v) is 2.70. The van der Waals surface area contributed by atoms with Gasteiger partial charge in [0.2, 0.25) is 0 Å². The summed E-state index contributed by atoms with van der Waals surface area (Å²) in [6.07, 6.45) is 5.20. The van der Waals surface area contributed by atoms with Crippen LogP contribution in [0.5, 0.6) is 5.75 Å². The average Bonchev–Trinajstić information content (AvgIpc) is 2.32. The highest BCUT2D eigenvalue weighted by Gasteiger charge is 2.21. The normalized spacial score (nSPS) is 24.4. The molecule has 1 fully saturated rings. The van der Waals surface area contributed by atoms with E-state index in [1.165, 1.54) is 25.7 Å². The Kier molecular flexibility index (Phi) is 4.16. The molecular formula is C14H20ClNO. The van der Waals surface area contributed by atoms with Crippen LogP contribution in [-0.4, -0.2) is 13.2 Å². The molecule has 1 aromatic rings. The van der Waals surface area contributed by atoms with Crippen LogP contribution in [0, 0.1) is 5.92 Å². The Balaban J connectivity index is 2.13. The molecule has 1 saturated carbocycles. The van der Waals surface area contributed by atoms with Gasteiger partial charge in [-0.1, -0.05) is 31.4 Å². The van der Waals surface area contributed by atoms with Gasteiger partial charge in [-0.3, -0.25) is 0 Å². The largest absolute Gasteiger partial charge is 0.495 e. The molecule has 2 unspecified atom stereocenters. The van der Waals surface area contributed by atoms with Gasteiger partial charge in [0.25, 0.3) is 0 Å². The molecule has 1 N–H and O–H groups in total. The smallest absolute Gasteiger partial charge is 0.142 e. The van der Waals surface area contributed by atoms with Crippen molar-refractivity contribution in [1.82, 2.24) is 0 Å². The van der Waals surface area contributed by atoms with E-state index in [0.29, 0.717) is 12.0 Å². The van der Waals surface area contributed by atoms with Crippen molar-refractivity contribution in [2.24, 2.45) is 5.92 Å². The predicted octanol–water partition coefficient (Wildman–Crippen LogP) is 4.34.